The molecule has 2 heterocycles. The molecule has 0 spiro atoms. The van der Waals surface area contributed by atoms with Gasteiger partial charge in [0, 0.05) is 24.8 Å². The molecule has 6 nitrogen and oxygen atoms in total. The molecule has 0 saturated heterocycles. The van der Waals surface area contributed by atoms with E-state index >= 15 is 0 Å². The van der Waals surface area contributed by atoms with Crippen molar-refractivity contribution in [2.75, 3.05) is 26.7 Å². The minimum atomic E-state index is -0.463. The Balaban J connectivity index is 2.00. The van der Waals surface area contributed by atoms with E-state index in [1.165, 1.54) is 32.1 Å². The number of likely N-dealkylation sites (N-methyl/N-ethyl adjacent to an activating group) is 2. The number of ether oxygens (including phenoxy) is 1. The van der Waals surface area contributed by atoms with Gasteiger partial charge in [-0.25, -0.2) is 9.59 Å². The van der Waals surface area contributed by atoms with Gasteiger partial charge in [0.25, 0.3) is 0 Å². The first kappa shape index (κ1) is 20.9. The van der Waals surface area contributed by atoms with E-state index in [1.807, 2.05) is 30.7 Å². The van der Waals surface area contributed by atoms with E-state index in [1.54, 1.807) is 16.2 Å². The van der Waals surface area contributed by atoms with Crippen LogP contribution in [0, 0.1) is 0 Å². The molecule has 1 N–H and O–H groups in total. The molecular formula is C21H31N3O3S. The zero-order valence-electron chi connectivity index (χ0n) is 17.1. The molecular weight excluding hydrogens is 374 g/mol. The molecule has 154 valence electrons. The molecule has 7 heteroatoms. The van der Waals surface area contributed by atoms with Crippen LogP contribution in [-0.2, 0) is 9.53 Å². The largest absolute Gasteiger partial charge is 0.463 e. The van der Waals surface area contributed by atoms with E-state index < -0.39 is 6.04 Å². The molecule has 3 rings (SSSR count). The van der Waals surface area contributed by atoms with Crippen LogP contribution in [0.3, 0.4) is 0 Å². The summed E-state index contributed by atoms with van der Waals surface area (Å²) < 4.78 is 5.41. The summed E-state index contributed by atoms with van der Waals surface area (Å²) in [5.41, 5.74) is 2.26. The SMILES string of the molecule is CCOC(=O)C1=C(CN(C)C2CCCCC2)N(CC)C(=O)NC1c1ccsc1. The van der Waals surface area contributed by atoms with Gasteiger partial charge in [0.15, 0.2) is 0 Å². The molecule has 2 amide bonds. The Kier molecular flexibility index (Phi) is 7.13. The minimum absolute atomic E-state index is 0.154. The minimum Gasteiger partial charge on any atom is -0.463 e. The topological polar surface area (TPSA) is 61.9 Å². The second-order valence-corrected chi connectivity index (χ2v) is 8.25. The summed E-state index contributed by atoms with van der Waals surface area (Å²) in [7, 11) is 2.10. The Labute approximate surface area is 171 Å². The average molecular weight is 406 g/mol. The summed E-state index contributed by atoms with van der Waals surface area (Å²) in [5, 5.41) is 6.95. The smallest absolute Gasteiger partial charge is 0.338 e. The lowest BCUT2D eigenvalue weighted by molar-refractivity contribution is -0.139. The van der Waals surface area contributed by atoms with Crippen LogP contribution >= 0.6 is 11.3 Å². The number of hydrogen-bond donors (Lipinski definition) is 1. The quantitative estimate of drug-likeness (QED) is 0.699. The molecule has 1 fully saturated rings. The Morgan fingerprint density at radius 2 is 2.07 bits per heavy atom. The molecule has 0 bridgehead atoms. The van der Waals surface area contributed by atoms with E-state index in [-0.39, 0.29) is 12.0 Å². The van der Waals surface area contributed by atoms with Crippen molar-refractivity contribution in [2.24, 2.45) is 0 Å². The average Bonchev–Trinajstić information content (AvgIpc) is 3.23. The number of carbonyl (C=O) groups excluding carboxylic acids is 2. The standard InChI is InChI=1S/C21H31N3O3S/c1-4-24-17(13-23(3)16-9-7-6-8-10-16)18(20(25)27-5-2)19(22-21(24)26)15-11-12-28-14-15/h11-12,14,16,19H,4-10,13H2,1-3H3,(H,22,26). The third-order valence-corrected chi connectivity index (χ3v) is 6.43. The van der Waals surface area contributed by atoms with Crippen molar-refractivity contribution in [2.45, 2.75) is 58.0 Å². The number of nitrogens with one attached hydrogen (secondary N) is 1. The number of amides is 2. The first-order valence-corrected chi connectivity index (χ1v) is 11.2. The molecule has 28 heavy (non-hydrogen) atoms. The van der Waals surface area contributed by atoms with Crippen molar-refractivity contribution in [3.05, 3.63) is 33.7 Å². The van der Waals surface area contributed by atoms with E-state index in [9.17, 15) is 9.59 Å². The Bertz CT molecular complexity index is 710. The fourth-order valence-corrected chi connectivity index (χ4v) is 4.92. The summed E-state index contributed by atoms with van der Waals surface area (Å²) in [4.78, 5) is 29.8. The summed E-state index contributed by atoms with van der Waals surface area (Å²) in [5.74, 6) is -0.343. The fourth-order valence-electron chi connectivity index (χ4n) is 4.23. The number of thiophene rings is 1. The van der Waals surface area contributed by atoms with Gasteiger partial charge in [0.1, 0.15) is 0 Å². The molecule has 1 unspecified atom stereocenters. The van der Waals surface area contributed by atoms with E-state index in [0.29, 0.717) is 31.3 Å². The number of hydrogen-bond acceptors (Lipinski definition) is 5. The first-order chi connectivity index (χ1) is 13.6. The molecule has 1 aliphatic heterocycles. The number of carbonyl (C=O) groups is 2. The maximum Gasteiger partial charge on any atom is 0.338 e. The van der Waals surface area contributed by atoms with Gasteiger partial charge < -0.3 is 10.1 Å². The highest BCUT2D eigenvalue weighted by molar-refractivity contribution is 7.08. The van der Waals surface area contributed by atoms with Crippen LogP contribution < -0.4 is 5.32 Å². The predicted octanol–water partition coefficient (Wildman–Crippen LogP) is 3.92. The van der Waals surface area contributed by atoms with Gasteiger partial charge in [-0.05, 0) is 56.1 Å². The van der Waals surface area contributed by atoms with Gasteiger partial charge in [-0.1, -0.05) is 19.3 Å². The summed E-state index contributed by atoms with van der Waals surface area (Å²) in [6.07, 6.45) is 6.13. The van der Waals surface area contributed by atoms with Crippen molar-refractivity contribution in [1.82, 2.24) is 15.1 Å². The van der Waals surface area contributed by atoms with Crippen molar-refractivity contribution >= 4 is 23.3 Å². The van der Waals surface area contributed by atoms with Gasteiger partial charge in [-0.3, -0.25) is 9.80 Å². The van der Waals surface area contributed by atoms with Crippen molar-refractivity contribution < 1.29 is 14.3 Å². The second kappa shape index (κ2) is 9.56. The molecule has 1 atom stereocenters. The molecule has 0 radical (unpaired) electrons. The van der Waals surface area contributed by atoms with Gasteiger partial charge in [0.2, 0.25) is 0 Å². The molecule has 1 aliphatic carbocycles. The number of rotatable bonds is 7. The molecule has 0 aromatic carbocycles. The number of esters is 1. The third kappa shape index (κ3) is 4.41. The summed E-state index contributed by atoms with van der Waals surface area (Å²) in [6, 6.07) is 1.83. The third-order valence-electron chi connectivity index (χ3n) is 5.72. The van der Waals surface area contributed by atoms with E-state index in [0.717, 1.165) is 11.3 Å². The van der Waals surface area contributed by atoms with E-state index in [4.69, 9.17) is 4.74 Å². The summed E-state index contributed by atoms with van der Waals surface area (Å²) in [6.45, 7) is 5.14. The maximum atomic E-state index is 13.0. The first-order valence-electron chi connectivity index (χ1n) is 10.3. The summed E-state index contributed by atoms with van der Waals surface area (Å²) >= 11 is 1.56. The monoisotopic (exact) mass is 405 g/mol. The number of urea groups is 1. The van der Waals surface area contributed by atoms with Crippen LogP contribution in [0.4, 0.5) is 4.79 Å². The van der Waals surface area contributed by atoms with E-state index in [2.05, 4.69) is 17.3 Å². The Morgan fingerprint density at radius 1 is 1.32 bits per heavy atom. The van der Waals surface area contributed by atoms with Crippen molar-refractivity contribution in [1.29, 1.82) is 0 Å². The highest BCUT2D eigenvalue weighted by Crippen LogP contribution is 2.33. The lowest BCUT2D eigenvalue weighted by Crippen LogP contribution is -2.51. The van der Waals surface area contributed by atoms with Crippen molar-refractivity contribution in [3.8, 4) is 0 Å². The molecule has 1 saturated carbocycles. The zero-order chi connectivity index (χ0) is 20.1. The van der Waals surface area contributed by atoms with Crippen LogP contribution in [0.25, 0.3) is 0 Å². The Morgan fingerprint density at radius 3 is 2.68 bits per heavy atom. The zero-order valence-corrected chi connectivity index (χ0v) is 17.9. The van der Waals surface area contributed by atoms with Gasteiger partial charge in [-0.15, -0.1) is 0 Å². The highest BCUT2D eigenvalue weighted by Gasteiger charge is 2.38. The van der Waals surface area contributed by atoms with Gasteiger partial charge in [0.05, 0.1) is 18.2 Å². The molecule has 1 aromatic heterocycles. The lowest BCUT2D eigenvalue weighted by atomic mass is 9.93. The normalized spacial score (nSPS) is 21.2. The Hall–Kier alpha value is -1.86. The van der Waals surface area contributed by atoms with Crippen LogP contribution in [0.2, 0.25) is 0 Å². The maximum absolute atomic E-state index is 13.0. The fraction of sp³-hybridized carbons (Fsp3) is 0.619. The highest BCUT2D eigenvalue weighted by atomic mass is 32.1. The van der Waals surface area contributed by atoms with Gasteiger partial charge >= 0.3 is 12.0 Å². The molecule has 2 aliphatic rings. The van der Waals surface area contributed by atoms with Crippen LogP contribution in [0.15, 0.2) is 28.1 Å². The molecule has 1 aromatic rings. The van der Waals surface area contributed by atoms with Gasteiger partial charge in [-0.2, -0.15) is 11.3 Å². The lowest BCUT2D eigenvalue weighted by Gasteiger charge is -2.39. The number of nitrogens with zero attached hydrogens (tertiary/aromatic N) is 2. The van der Waals surface area contributed by atoms with Crippen molar-refractivity contribution in [3.63, 3.8) is 0 Å². The van der Waals surface area contributed by atoms with Crippen LogP contribution in [-0.4, -0.2) is 54.6 Å². The second-order valence-electron chi connectivity index (χ2n) is 7.47. The van der Waals surface area contributed by atoms with Crippen LogP contribution in [0.1, 0.15) is 57.6 Å². The predicted molar refractivity (Wildman–Crippen MR) is 111 cm³/mol. The van der Waals surface area contributed by atoms with Crippen LogP contribution in [0.5, 0.6) is 0 Å².